The molecule has 0 spiro atoms. The molecule has 0 N–H and O–H groups in total. The number of nitrogens with zero attached hydrogens (tertiary/aromatic N) is 1. The number of nitriles is 1. The van der Waals surface area contributed by atoms with Crippen LogP contribution in [0.3, 0.4) is 0 Å². The number of carbonyl (C=O) groups excluding carboxylic acids is 1. The third kappa shape index (κ3) is 6.33. The molecule has 0 aliphatic rings. The molecule has 0 saturated carbocycles. The SMILES string of the molecule is CCO/C=C/C(=C(Oc1cc(Cl)cc(C#N)c1)C(=O)OCC)C(F)(F)F. The highest BCUT2D eigenvalue weighted by atomic mass is 35.5. The maximum Gasteiger partial charge on any atom is 0.420 e. The molecule has 9 heteroatoms. The lowest BCUT2D eigenvalue weighted by molar-refractivity contribution is -0.142. The van der Waals surface area contributed by atoms with Crippen molar-refractivity contribution < 1.29 is 32.2 Å². The average molecular weight is 390 g/mol. The number of benzene rings is 1. The van der Waals surface area contributed by atoms with E-state index in [9.17, 15) is 18.0 Å². The Balaban J connectivity index is 3.48. The molecular weight excluding hydrogens is 375 g/mol. The third-order valence-corrected chi connectivity index (χ3v) is 2.95. The summed E-state index contributed by atoms with van der Waals surface area (Å²) in [5.74, 6) is -2.63. The fraction of sp³-hybridized carbons (Fsp3) is 0.294. The van der Waals surface area contributed by atoms with E-state index >= 15 is 0 Å². The third-order valence-electron chi connectivity index (χ3n) is 2.73. The van der Waals surface area contributed by atoms with Gasteiger partial charge in [0.15, 0.2) is 0 Å². The topological polar surface area (TPSA) is 68.5 Å². The highest BCUT2D eigenvalue weighted by Crippen LogP contribution is 2.32. The quantitative estimate of drug-likeness (QED) is 0.297. The maximum absolute atomic E-state index is 13.4. The smallest absolute Gasteiger partial charge is 0.420 e. The minimum Gasteiger partial charge on any atom is -0.501 e. The van der Waals surface area contributed by atoms with Gasteiger partial charge < -0.3 is 14.2 Å². The Hall–Kier alpha value is -2.66. The predicted octanol–water partition coefficient (Wildman–Crippen LogP) is 4.52. The Morgan fingerprint density at radius 2 is 1.96 bits per heavy atom. The summed E-state index contributed by atoms with van der Waals surface area (Å²) in [5, 5.41) is 8.98. The molecule has 0 radical (unpaired) electrons. The summed E-state index contributed by atoms with van der Waals surface area (Å²) in [6, 6.07) is 5.39. The van der Waals surface area contributed by atoms with Crippen molar-refractivity contribution in [2.24, 2.45) is 0 Å². The van der Waals surface area contributed by atoms with E-state index in [2.05, 4.69) is 4.74 Å². The number of alkyl halides is 3. The number of rotatable bonds is 7. The van der Waals surface area contributed by atoms with Gasteiger partial charge >= 0.3 is 12.1 Å². The number of esters is 1. The summed E-state index contributed by atoms with van der Waals surface area (Å²) in [6.45, 7) is 2.99. The van der Waals surface area contributed by atoms with Gasteiger partial charge in [-0.1, -0.05) is 11.6 Å². The van der Waals surface area contributed by atoms with Gasteiger partial charge in [0.2, 0.25) is 5.76 Å². The second-order valence-corrected chi connectivity index (χ2v) is 5.05. The minimum absolute atomic E-state index is 0.0501. The predicted molar refractivity (Wildman–Crippen MR) is 87.3 cm³/mol. The number of hydrogen-bond donors (Lipinski definition) is 0. The molecule has 0 heterocycles. The van der Waals surface area contributed by atoms with Gasteiger partial charge in [-0.25, -0.2) is 4.79 Å². The van der Waals surface area contributed by atoms with Crippen LogP contribution in [-0.2, 0) is 14.3 Å². The Kier molecular flexibility index (Phi) is 8.00. The number of ether oxygens (including phenoxy) is 3. The summed E-state index contributed by atoms with van der Waals surface area (Å²) < 4.78 is 54.7. The zero-order valence-corrected chi connectivity index (χ0v) is 14.6. The molecule has 0 fully saturated rings. The summed E-state index contributed by atoms with van der Waals surface area (Å²) in [4.78, 5) is 12.0. The largest absolute Gasteiger partial charge is 0.501 e. The van der Waals surface area contributed by atoms with Crippen LogP contribution in [-0.4, -0.2) is 25.4 Å². The molecule has 5 nitrogen and oxygen atoms in total. The van der Waals surface area contributed by atoms with Crippen molar-refractivity contribution in [1.29, 1.82) is 5.26 Å². The van der Waals surface area contributed by atoms with Crippen molar-refractivity contribution in [3.8, 4) is 11.8 Å². The zero-order valence-electron chi connectivity index (χ0n) is 13.9. The molecule has 1 rings (SSSR count). The first-order valence-electron chi connectivity index (χ1n) is 7.38. The molecule has 0 bridgehead atoms. The number of hydrogen-bond acceptors (Lipinski definition) is 5. The maximum atomic E-state index is 13.4. The Bertz CT molecular complexity index is 751. The molecule has 0 aliphatic heterocycles. The second kappa shape index (κ2) is 9.73. The van der Waals surface area contributed by atoms with Gasteiger partial charge in [-0.05, 0) is 38.1 Å². The molecule has 0 aliphatic carbocycles. The van der Waals surface area contributed by atoms with Gasteiger partial charge in [0.1, 0.15) is 11.3 Å². The van der Waals surface area contributed by atoms with E-state index in [0.717, 1.165) is 12.3 Å². The highest BCUT2D eigenvalue weighted by Gasteiger charge is 2.39. The average Bonchev–Trinajstić information content (AvgIpc) is 2.55. The van der Waals surface area contributed by atoms with Crippen molar-refractivity contribution >= 4 is 17.6 Å². The molecule has 0 aromatic heterocycles. The highest BCUT2D eigenvalue weighted by molar-refractivity contribution is 6.30. The molecule has 140 valence electrons. The first-order chi connectivity index (χ1) is 12.2. The van der Waals surface area contributed by atoms with Crippen LogP contribution in [0.4, 0.5) is 13.2 Å². The number of carbonyl (C=O) groups is 1. The van der Waals surface area contributed by atoms with E-state index in [1.165, 1.54) is 19.1 Å². The van der Waals surface area contributed by atoms with E-state index in [1.54, 1.807) is 13.0 Å². The monoisotopic (exact) mass is 389 g/mol. The fourth-order valence-corrected chi connectivity index (χ4v) is 1.94. The second-order valence-electron chi connectivity index (χ2n) is 4.61. The van der Waals surface area contributed by atoms with Crippen molar-refractivity contribution in [2.45, 2.75) is 20.0 Å². The Morgan fingerprint density at radius 3 is 2.50 bits per heavy atom. The van der Waals surface area contributed by atoms with Crippen LogP contribution in [0.25, 0.3) is 0 Å². The number of halogens is 4. The van der Waals surface area contributed by atoms with Crippen LogP contribution < -0.4 is 4.74 Å². The van der Waals surface area contributed by atoms with Crippen molar-refractivity contribution in [2.75, 3.05) is 13.2 Å². The van der Waals surface area contributed by atoms with Crippen molar-refractivity contribution in [3.05, 3.63) is 52.5 Å². The van der Waals surface area contributed by atoms with Gasteiger partial charge in [0, 0.05) is 5.02 Å². The lowest BCUT2D eigenvalue weighted by Gasteiger charge is -2.15. The number of allylic oxidation sites excluding steroid dienone is 2. The van der Waals surface area contributed by atoms with E-state index in [4.69, 9.17) is 26.3 Å². The van der Waals surface area contributed by atoms with E-state index < -0.39 is 23.5 Å². The summed E-state index contributed by atoms with van der Waals surface area (Å²) >= 11 is 5.81. The summed E-state index contributed by atoms with van der Waals surface area (Å²) in [5.41, 5.74) is -1.35. The lowest BCUT2D eigenvalue weighted by atomic mass is 10.2. The fourth-order valence-electron chi connectivity index (χ4n) is 1.72. The van der Waals surface area contributed by atoms with Crippen LogP contribution >= 0.6 is 11.6 Å². The van der Waals surface area contributed by atoms with Crippen molar-refractivity contribution in [3.63, 3.8) is 0 Å². The Labute approximate surface area is 153 Å². The van der Waals surface area contributed by atoms with E-state index in [0.29, 0.717) is 6.08 Å². The Morgan fingerprint density at radius 1 is 1.27 bits per heavy atom. The van der Waals surface area contributed by atoms with Crippen LogP contribution in [0.2, 0.25) is 5.02 Å². The standard InChI is InChI=1S/C17H15ClF3NO4/c1-3-24-6-5-14(17(19,20)21)15(16(23)25-4-2)26-13-8-11(10-22)7-12(18)9-13/h5-9H,3-4H2,1-2H3/b6-5+,15-14?. The molecular formula is C17H15ClF3NO4. The molecule has 1 aromatic rings. The zero-order chi connectivity index (χ0) is 19.7. The molecule has 0 saturated heterocycles. The van der Waals surface area contributed by atoms with Crippen molar-refractivity contribution in [1.82, 2.24) is 0 Å². The summed E-state index contributed by atoms with van der Waals surface area (Å²) in [7, 11) is 0. The lowest BCUT2D eigenvalue weighted by Crippen LogP contribution is -2.22. The molecule has 0 atom stereocenters. The minimum atomic E-state index is -4.92. The van der Waals surface area contributed by atoms with Gasteiger partial charge in [-0.15, -0.1) is 0 Å². The summed E-state index contributed by atoms with van der Waals surface area (Å²) in [6.07, 6.45) is -3.57. The first kappa shape index (κ1) is 21.4. The molecule has 0 unspecified atom stereocenters. The molecule has 0 amide bonds. The molecule has 1 aromatic carbocycles. The van der Waals surface area contributed by atoms with Crippen LogP contribution in [0, 0.1) is 11.3 Å². The van der Waals surface area contributed by atoms with Gasteiger partial charge in [0.05, 0.1) is 31.1 Å². The van der Waals surface area contributed by atoms with Gasteiger partial charge in [0.25, 0.3) is 0 Å². The van der Waals surface area contributed by atoms with Crippen LogP contribution in [0.5, 0.6) is 5.75 Å². The van der Waals surface area contributed by atoms with Crippen LogP contribution in [0.15, 0.2) is 41.9 Å². The van der Waals surface area contributed by atoms with Crippen LogP contribution in [0.1, 0.15) is 19.4 Å². The first-order valence-corrected chi connectivity index (χ1v) is 7.76. The van der Waals surface area contributed by atoms with Gasteiger partial charge in [-0.2, -0.15) is 18.4 Å². The molecule has 26 heavy (non-hydrogen) atoms. The normalized spacial score (nSPS) is 12.3. The van der Waals surface area contributed by atoms with E-state index in [1.807, 2.05) is 0 Å². The van der Waals surface area contributed by atoms with E-state index in [-0.39, 0.29) is 29.5 Å². The van der Waals surface area contributed by atoms with Gasteiger partial charge in [-0.3, -0.25) is 0 Å².